The minimum atomic E-state index is -1.06. The van der Waals surface area contributed by atoms with Crippen LogP contribution in [0.5, 0.6) is 0 Å². The first-order valence-electron chi connectivity index (χ1n) is 13.8. The van der Waals surface area contributed by atoms with Crippen LogP contribution in [0.2, 0.25) is 0 Å². The molecule has 2 aromatic rings. The van der Waals surface area contributed by atoms with Crippen LogP contribution >= 0.6 is 0 Å². The van der Waals surface area contributed by atoms with E-state index in [9.17, 15) is 19.8 Å². The molecule has 0 aromatic heterocycles. The van der Waals surface area contributed by atoms with Gasteiger partial charge in [-0.05, 0) is 42.5 Å². The molecule has 0 unspecified atom stereocenters. The molecule has 3 aliphatic rings. The van der Waals surface area contributed by atoms with E-state index in [1.54, 1.807) is 0 Å². The van der Waals surface area contributed by atoms with E-state index < -0.39 is 23.8 Å². The zero-order valence-electron chi connectivity index (χ0n) is 21.9. The quantitative estimate of drug-likeness (QED) is 0.340. The third-order valence-electron chi connectivity index (χ3n) is 8.98. The lowest BCUT2D eigenvalue weighted by Crippen LogP contribution is -2.75. The fraction of sp³-hybridized carbons (Fsp3) is 0.533. The molecular weight excluding hydrogens is 466 g/mol. The summed E-state index contributed by atoms with van der Waals surface area (Å²) < 4.78 is 2.54. The number of hydrogen-bond donors (Lipinski definition) is 3. The van der Waals surface area contributed by atoms with Gasteiger partial charge in [-0.3, -0.25) is 9.59 Å². The number of nitrogens with zero attached hydrogens (tertiary/aromatic N) is 2. The lowest BCUT2D eigenvalue weighted by atomic mass is 9.82. The van der Waals surface area contributed by atoms with Crippen molar-refractivity contribution in [3.63, 3.8) is 0 Å². The zero-order chi connectivity index (χ0) is 26.3. The second-order valence-corrected chi connectivity index (χ2v) is 11.3. The third kappa shape index (κ3) is 6.98. The molecule has 2 bridgehead atoms. The van der Waals surface area contributed by atoms with Gasteiger partial charge in [0.25, 0.3) is 0 Å². The van der Waals surface area contributed by atoms with Crippen molar-refractivity contribution in [2.45, 2.75) is 32.1 Å². The van der Waals surface area contributed by atoms with Gasteiger partial charge in [-0.25, -0.2) is 0 Å². The van der Waals surface area contributed by atoms with Crippen molar-refractivity contribution < 1.29 is 28.8 Å². The number of hydrogen-bond acceptors (Lipinski definition) is 3. The van der Waals surface area contributed by atoms with E-state index in [0.717, 1.165) is 36.9 Å². The number of benzene rings is 2. The molecule has 5 rings (SSSR count). The van der Waals surface area contributed by atoms with Gasteiger partial charge in [0.15, 0.2) is 0 Å². The van der Waals surface area contributed by atoms with E-state index in [1.165, 1.54) is 66.9 Å². The Morgan fingerprint density at radius 1 is 0.676 bits per heavy atom. The predicted octanol–water partition coefficient (Wildman–Crippen LogP) is 2.82. The normalized spacial score (nSPS) is 24.5. The molecule has 0 spiro atoms. The van der Waals surface area contributed by atoms with Gasteiger partial charge in [-0.15, -0.1) is 0 Å². The van der Waals surface area contributed by atoms with Crippen molar-refractivity contribution in [2.75, 3.05) is 58.9 Å². The Hall–Kier alpha value is -2.74. The molecule has 3 heterocycles. The molecule has 0 amide bonds. The maximum Gasteiger partial charge on any atom is 0.307 e. The van der Waals surface area contributed by atoms with Crippen LogP contribution < -0.4 is 5.73 Å². The van der Waals surface area contributed by atoms with Crippen LogP contribution in [-0.2, 0) is 28.9 Å². The van der Waals surface area contributed by atoms with Crippen LogP contribution in [0.1, 0.15) is 29.5 Å². The fourth-order valence-electron chi connectivity index (χ4n) is 6.43. The molecule has 2 atom stereocenters. The lowest BCUT2D eigenvalue weighted by Gasteiger charge is -2.55. The van der Waals surface area contributed by atoms with Crippen molar-refractivity contribution in [1.29, 1.82) is 0 Å². The molecule has 7 nitrogen and oxygen atoms in total. The highest BCUT2D eigenvalue weighted by atomic mass is 16.4. The number of carbonyl (C=O) groups is 2. The van der Waals surface area contributed by atoms with Gasteiger partial charge in [0.2, 0.25) is 0 Å². The number of rotatable bonds is 14. The Bertz CT molecular complexity index is 1020. The van der Waals surface area contributed by atoms with Gasteiger partial charge in [0, 0.05) is 12.8 Å². The lowest BCUT2D eigenvalue weighted by molar-refractivity contribution is -1.08. The molecule has 7 heteroatoms. The van der Waals surface area contributed by atoms with Crippen LogP contribution in [0.15, 0.2) is 54.6 Å². The maximum atomic E-state index is 12.1. The number of aryl methyl sites for hydroxylation is 1. The van der Waals surface area contributed by atoms with Gasteiger partial charge in [0.05, 0.1) is 24.9 Å². The van der Waals surface area contributed by atoms with Crippen LogP contribution in [0.3, 0.4) is 0 Å². The molecular formula is C30H43N3O4+2. The molecule has 3 aliphatic heterocycles. The van der Waals surface area contributed by atoms with E-state index in [2.05, 4.69) is 12.1 Å². The van der Waals surface area contributed by atoms with E-state index in [0.29, 0.717) is 0 Å². The predicted molar refractivity (Wildman–Crippen MR) is 144 cm³/mol. The molecule has 2 aromatic carbocycles. The van der Waals surface area contributed by atoms with Crippen molar-refractivity contribution in [2.24, 2.45) is 17.6 Å². The van der Waals surface area contributed by atoms with E-state index in [1.807, 2.05) is 42.5 Å². The standard InChI is InChI=1S/C30H41N3O4/c31-13-5-15-33-19-16-32(17-20-33,18-21-33)14-4-8-24-9-11-26(12-10-24)23-28(30(36)37)27(29(34)35)22-25-6-2-1-3-7-25/h1-3,6-7,9-12,27-28H,4-5,8,13-23,31H2/p+2/t27-,28-,32?,33?/m0/s1. The van der Waals surface area contributed by atoms with E-state index in [4.69, 9.17) is 5.73 Å². The Morgan fingerprint density at radius 3 is 1.57 bits per heavy atom. The second-order valence-electron chi connectivity index (χ2n) is 11.3. The Labute approximate surface area is 220 Å². The van der Waals surface area contributed by atoms with Gasteiger partial charge in [0.1, 0.15) is 39.3 Å². The second kappa shape index (κ2) is 12.2. The molecule has 3 fully saturated rings. The van der Waals surface area contributed by atoms with Crippen molar-refractivity contribution in [1.82, 2.24) is 0 Å². The molecule has 200 valence electrons. The number of carboxylic acid groups (broad SMARTS) is 2. The molecule has 0 saturated carbocycles. The van der Waals surface area contributed by atoms with E-state index >= 15 is 0 Å². The zero-order valence-corrected chi connectivity index (χ0v) is 21.9. The third-order valence-corrected chi connectivity index (χ3v) is 8.98. The summed E-state index contributed by atoms with van der Waals surface area (Å²) in [5.74, 6) is -4.08. The van der Waals surface area contributed by atoms with Crippen molar-refractivity contribution >= 4 is 11.9 Å². The number of nitrogens with two attached hydrogens (primary N) is 1. The Morgan fingerprint density at radius 2 is 1.11 bits per heavy atom. The topological polar surface area (TPSA) is 101 Å². The summed E-state index contributed by atoms with van der Waals surface area (Å²) in [6, 6.07) is 17.4. The minimum absolute atomic E-state index is 0.207. The van der Waals surface area contributed by atoms with Gasteiger partial charge in [-0.2, -0.15) is 0 Å². The SMILES string of the molecule is NCCC[N+]12CC[N+](CCCc3ccc(C[C@H](C(=O)O)[C@H](Cc4ccccc4)C(=O)O)cc3)(CC1)CC2. The highest BCUT2D eigenvalue weighted by Crippen LogP contribution is 2.28. The molecule has 3 saturated heterocycles. The first-order valence-corrected chi connectivity index (χ1v) is 13.8. The summed E-state index contributed by atoms with van der Waals surface area (Å²) in [5.41, 5.74) is 8.72. The first kappa shape index (κ1) is 27.3. The molecule has 4 N–H and O–H groups in total. The van der Waals surface area contributed by atoms with Crippen molar-refractivity contribution in [3.05, 3.63) is 71.3 Å². The van der Waals surface area contributed by atoms with Gasteiger partial charge < -0.3 is 24.9 Å². The number of carboxylic acids is 2. The monoisotopic (exact) mass is 509 g/mol. The van der Waals surface area contributed by atoms with Crippen LogP contribution in [0.4, 0.5) is 0 Å². The van der Waals surface area contributed by atoms with Crippen LogP contribution in [-0.4, -0.2) is 90.0 Å². The summed E-state index contributed by atoms with van der Waals surface area (Å²) >= 11 is 0. The number of piperazine rings is 3. The first-order chi connectivity index (χ1) is 17.8. The fourth-order valence-corrected chi connectivity index (χ4v) is 6.43. The van der Waals surface area contributed by atoms with Gasteiger partial charge in [-0.1, -0.05) is 54.6 Å². The Kier molecular flexibility index (Phi) is 9.00. The number of aliphatic carboxylic acids is 2. The summed E-state index contributed by atoms with van der Waals surface area (Å²) in [6.45, 7) is 11.0. The largest absolute Gasteiger partial charge is 0.481 e. The van der Waals surface area contributed by atoms with Crippen LogP contribution in [0.25, 0.3) is 0 Å². The summed E-state index contributed by atoms with van der Waals surface area (Å²) in [6.07, 6.45) is 3.72. The maximum absolute atomic E-state index is 12.1. The Balaban J connectivity index is 1.29. The van der Waals surface area contributed by atoms with Gasteiger partial charge >= 0.3 is 11.9 Å². The molecule has 0 aliphatic carbocycles. The average Bonchev–Trinajstić information content (AvgIpc) is 2.92. The highest BCUT2D eigenvalue weighted by Gasteiger charge is 2.48. The average molecular weight is 510 g/mol. The van der Waals surface area contributed by atoms with E-state index in [-0.39, 0.29) is 12.8 Å². The van der Waals surface area contributed by atoms with Crippen molar-refractivity contribution in [3.8, 4) is 0 Å². The smallest absolute Gasteiger partial charge is 0.307 e. The summed E-state index contributed by atoms with van der Waals surface area (Å²) in [7, 11) is 0. The summed E-state index contributed by atoms with van der Waals surface area (Å²) in [4.78, 5) is 24.1. The number of fused-ring (bicyclic) bond motifs is 3. The highest BCUT2D eigenvalue weighted by molar-refractivity contribution is 5.80. The summed E-state index contributed by atoms with van der Waals surface area (Å²) in [5, 5.41) is 19.7. The minimum Gasteiger partial charge on any atom is -0.481 e. The molecule has 37 heavy (non-hydrogen) atoms. The molecule has 0 radical (unpaired) electrons. The van der Waals surface area contributed by atoms with Crippen LogP contribution in [0, 0.1) is 11.8 Å². The number of quaternary nitrogens is 2.